The molecule has 1 aromatic heterocycles. The molecule has 36 heavy (non-hydrogen) atoms. The minimum atomic E-state index is -0.510. The van der Waals surface area contributed by atoms with Gasteiger partial charge in [0.1, 0.15) is 22.9 Å². The van der Waals surface area contributed by atoms with E-state index in [1.54, 1.807) is 23.2 Å². The van der Waals surface area contributed by atoms with Crippen molar-refractivity contribution in [3.8, 4) is 22.6 Å². The van der Waals surface area contributed by atoms with Crippen molar-refractivity contribution >= 4 is 35.1 Å². The van der Waals surface area contributed by atoms with E-state index in [-0.39, 0.29) is 12.7 Å². The Hall–Kier alpha value is -3.00. The number of piperazine rings is 1. The van der Waals surface area contributed by atoms with Gasteiger partial charge < -0.3 is 24.4 Å². The second kappa shape index (κ2) is 10.9. The predicted octanol–water partition coefficient (Wildman–Crippen LogP) is 6.40. The highest BCUT2D eigenvalue weighted by atomic mass is 35.5. The zero-order valence-electron chi connectivity index (χ0n) is 20.5. The smallest absolute Gasteiger partial charge is 0.410 e. The molecule has 2 aromatic carbocycles. The quantitative estimate of drug-likeness (QED) is 0.412. The van der Waals surface area contributed by atoms with Gasteiger partial charge in [0, 0.05) is 36.2 Å². The number of nitrogens with zero attached hydrogens (tertiary/aromatic N) is 3. The van der Waals surface area contributed by atoms with Gasteiger partial charge in [0.25, 0.3) is 0 Å². The molecule has 7 nitrogen and oxygen atoms in total. The molecule has 1 fully saturated rings. The summed E-state index contributed by atoms with van der Waals surface area (Å²) in [6.45, 7) is 7.92. The zero-order valence-corrected chi connectivity index (χ0v) is 22.0. The third-order valence-electron chi connectivity index (χ3n) is 5.56. The Labute approximate surface area is 221 Å². The van der Waals surface area contributed by atoms with Crippen LogP contribution in [0.3, 0.4) is 0 Å². The van der Waals surface area contributed by atoms with Crippen LogP contribution in [0, 0.1) is 0 Å². The van der Waals surface area contributed by atoms with Crippen molar-refractivity contribution in [2.24, 2.45) is 0 Å². The number of anilines is 1. The summed E-state index contributed by atoms with van der Waals surface area (Å²) in [6, 6.07) is 14.6. The summed E-state index contributed by atoms with van der Waals surface area (Å²) in [5.41, 5.74) is 1.84. The van der Waals surface area contributed by atoms with Crippen molar-refractivity contribution in [3.05, 3.63) is 70.3 Å². The van der Waals surface area contributed by atoms with Crippen molar-refractivity contribution in [2.75, 3.05) is 31.1 Å². The van der Waals surface area contributed by atoms with Crippen molar-refractivity contribution < 1.29 is 19.4 Å². The van der Waals surface area contributed by atoms with Crippen molar-refractivity contribution in [1.82, 2.24) is 9.88 Å². The summed E-state index contributed by atoms with van der Waals surface area (Å²) < 4.78 is 11.5. The number of pyridine rings is 1. The third kappa shape index (κ3) is 6.81. The van der Waals surface area contributed by atoms with E-state index in [1.807, 2.05) is 57.2 Å². The highest BCUT2D eigenvalue weighted by Gasteiger charge is 2.26. The lowest BCUT2D eigenvalue weighted by Gasteiger charge is -2.36. The summed E-state index contributed by atoms with van der Waals surface area (Å²) >= 11 is 12.3. The lowest BCUT2D eigenvalue weighted by Crippen LogP contribution is -2.50. The molecule has 1 aliphatic heterocycles. The van der Waals surface area contributed by atoms with Crippen LogP contribution in [0.2, 0.25) is 10.0 Å². The van der Waals surface area contributed by atoms with Gasteiger partial charge in [0.15, 0.2) is 0 Å². The first-order valence-electron chi connectivity index (χ1n) is 11.7. The van der Waals surface area contributed by atoms with Crippen LogP contribution in [-0.2, 0) is 11.3 Å². The lowest BCUT2D eigenvalue weighted by molar-refractivity contribution is 0.0240. The topological polar surface area (TPSA) is 75.1 Å². The molecular weight excluding hydrogens is 501 g/mol. The maximum atomic E-state index is 12.3. The number of carbonyl (C=O) groups is 1. The zero-order chi connectivity index (χ0) is 25.9. The Balaban J connectivity index is 1.43. The molecule has 2 heterocycles. The minimum Gasteiger partial charge on any atom is -0.456 e. The van der Waals surface area contributed by atoms with Gasteiger partial charge in [0.2, 0.25) is 0 Å². The van der Waals surface area contributed by atoms with Gasteiger partial charge in [-0.05, 0) is 86.0 Å². The monoisotopic (exact) mass is 529 g/mol. The largest absolute Gasteiger partial charge is 0.456 e. The van der Waals surface area contributed by atoms with Gasteiger partial charge in [0.05, 0.1) is 12.8 Å². The molecule has 4 rings (SSSR count). The minimum absolute atomic E-state index is 0.134. The highest BCUT2D eigenvalue weighted by Crippen LogP contribution is 2.33. The predicted molar refractivity (Wildman–Crippen MR) is 142 cm³/mol. The molecule has 0 atom stereocenters. The van der Waals surface area contributed by atoms with Gasteiger partial charge in [-0.3, -0.25) is 0 Å². The highest BCUT2D eigenvalue weighted by molar-refractivity contribution is 6.35. The Kier molecular flexibility index (Phi) is 7.93. The Morgan fingerprint density at radius 3 is 2.19 bits per heavy atom. The van der Waals surface area contributed by atoms with Gasteiger partial charge in [-0.1, -0.05) is 23.2 Å². The van der Waals surface area contributed by atoms with E-state index in [2.05, 4.69) is 9.88 Å². The fraction of sp³-hybridized carbons (Fsp3) is 0.333. The third-order valence-corrected chi connectivity index (χ3v) is 5.99. The first kappa shape index (κ1) is 26.1. The van der Waals surface area contributed by atoms with Crippen molar-refractivity contribution in [1.29, 1.82) is 0 Å². The lowest BCUT2D eigenvalue weighted by atomic mass is 10.0. The summed E-state index contributed by atoms with van der Waals surface area (Å²) in [5, 5.41) is 10.8. The standard InChI is InChI=1S/C27H29Cl2N3O4/c1-27(2,3)36-26(34)32-8-6-31(7-9-32)25-5-4-23(16-30-25)35-24-11-18(17-33)10-19(14-24)20-12-21(28)15-22(29)13-20/h4-5,10-16,33H,6-9,17H2,1-3H3. The molecule has 1 amide bonds. The van der Waals surface area contributed by atoms with Crippen LogP contribution in [0.1, 0.15) is 26.3 Å². The Morgan fingerprint density at radius 1 is 0.944 bits per heavy atom. The Bertz CT molecular complexity index is 1200. The van der Waals surface area contributed by atoms with Crippen molar-refractivity contribution in [3.63, 3.8) is 0 Å². The summed E-state index contributed by atoms with van der Waals surface area (Å²) in [4.78, 5) is 20.7. The normalized spacial score (nSPS) is 14.1. The van der Waals surface area contributed by atoms with E-state index in [0.717, 1.165) is 16.9 Å². The first-order valence-corrected chi connectivity index (χ1v) is 12.4. The van der Waals surface area contributed by atoms with E-state index in [4.69, 9.17) is 32.7 Å². The molecule has 0 saturated carbocycles. The van der Waals surface area contributed by atoms with Crippen LogP contribution in [0.15, 0.2) is 54.7 Å². The summed E-state index contributed by atoms with van der Waals surface area (Å²) in [6.07, 6.45) is 1.38. The molecule has 0 spiro atoms. The maximum absolute atomic E-state index is 12.3. The van der Waals surface area contributed by atoms with E-state index < -0.39 is 5.60 Å². The summed E-state index contributed by atoms with van der Waals surface area (Å²) in [7, 11) is 0. The number of benzene rings is 2. The second-order valence-electron chi connectivity index (χ2n) is 9.59. The van der Waals surface area contributed by atoms with E-state index in [0.29, 0.717) is 53.3 Å². The molecule has 1 aliphatic rings. The first-order chi connectivity index (χ1) is 17.1. The molecule has 1 saturated heterocycles. The number of hydrogen-bond donors (Lipinski definition) is 1. The van der Waals surface area contributed by atoms with Crippen LogP contribution < -0.4 is 9.64 Å². The molecular formula is C27H29Cl2N3O4. The average Bonchev–Trinajstić information content (AvgIpc) is 2.83. The van der Waals surface area contributed by atoms with Crippen molar-refractivity contribution in [2.45, 2.75) is 33.0 Å². The summed E-state index contributed by atoms with van der Waals surface area (Å²) in [5.74, 6) is 1.94. The number of ether oxygens (including phenoxy) is 2. The maximum Gasteiger partial charge on any atom is 0.410 e. The number of aliphatic hydroxyl groups excluding tert-OH is 1. The molecule has 0 aliphatic carbocycles. The van der Waals surface area contributed by atoms with Gasteiger partial charge in [-0.15, -0.1) is 0 Å². The molecule has 9 heteroatoms. The van der Waals surface area contributed by atoms with E-state index in [9.17, 15) is 9.90 Å². The average molecular weight is 530 g/mol. The molecule has 3 aromatic rings. The van der Waals surface area contributed by atoms with E-state index >= 15 is 0 Å². The fourth-order valence-corrected chi connectivity index (χ4v) is 4.42. The number of aromatic nitrogens is 1. The van der Waals surface area contributed by atoms with Crippen LogP contribution in [0.5, 0.6) is 11.5 Å². The van der Waals surface area contributed by atoms with Gasteiger partial charge >= 0.3 is 6.09 Å². The van der Waals surface area contributed by atoms with Crippen LogP contribution in [0.4, 0.5) is 10.6 Å². The van der Waals surface area contributed by atoms with Gasteiger partial charge in [-0.2, -0.15) is 0 Å². The molecule has 0 radical (unpaired) electrons. The van der Waals surface area contributed by atoms with Crippen LogP contribution in [0.25, 0.3) is 11.1 Å². The molecule has 0 bridgehead atoms. The molecule has 0 unspecified atom stereocenters. The number of aliphatic hydroxyl groups is 1. The number of halogens is 2. The number of amides is 1. The van der Waals surface area contributed by atoms with Crippen LogP contribution >= 0.6 is 23.2 Å². The second-order valence-corrected chi connectivity index (χ2v) is 10.5. The number of hydrogen-bond acceptors (Lipinski definition) is 6. The number of rotatable bonds is 5. The molecule has 190 valence electrons. The SMILES string of the molecule is CC(C)(C)OC(=O)N1CCN(c2ccc(Oc3cc(CO)cc(-c4cc(Cl)cc(Cl)c4)c3)cn2)CC1. The fourth-order valence-electron chi connectivity index (χ4n) is 3.90. The number of carbonyl (C=O) groups excluding carboxylic acids is 1. The van der Waals surface area contributed by atoms with Gasteiger partial charge in [-0.25, -0.2) is 9.78 Å². The Morgan fingerprint density at radius 2 is 1.61 bits per heavy atom. The van der Waals surface area contributed by atoms with E-state index in [1.165, 1.54) is 0 Å². The molecule has 1 N–H and O–H groups in total. The van der Waals surface area contributed by atoms with Crippen LogP contribution in [-0.4, -0.2) is 52.9 Å².